The molecule has 4 heterocycles. The minimum atomic E-state index is 0.137. The van der Waals surface area contributed by atoms with Crippen molar-refractivity contribution >= 4 is 29.0 Å². The van der Waals surface area contributed by atoms with Crippen molar-refractivity contribution in [3.8, 4) is 16.4 Å². The lowest BCUT2D eigenvalue weighted by atomic mass is 10.1. The standard InChI is InChI=1S/C24H26N6O2S2/c1-17-5-6-18(2)19(14-17)30-8-7-25-24(30)34-16-22(31)29-11-9-28(10-12-29)15-21-26-23(27-32-21)20-4-3-13-33-20/h3-8,13-14H,9-12,15-16H2,1-2H3. The van der Waals surface area contributed by atoms with E-state index in [4.69, 9.17) is 4.52 Å². The normalized spacial score (nSPS) is 14.6. The number of hydrogen-bond donors (Lipinski definition) is 0. The smallest absolute Gasteiger partial charge is 0.241 e. The van der Waals surface area contributed by atoms with Crippen LogP contribution in [0.1, 0.15) is 17.0 Å². The summed E-state index contributed by atoms with van der Waals surface area (Å²) < 4.78 is 7.48. The van der Waals surface area contributed by atoms with Crippen LogP contribution in [-0.4, -0.2) is 67.3 Å². The Kier molecular flexibility index (Phi) is 6.80. The molecular formula is C24H26N6O2S2. The second kappa shape index (κ2) is 10.1. The van der Waals surface area contributed by atoms with Crippen LogP contribution in [0.15, 0.2) is 57.8 Å². The number of rotatable bonds is 7. The first-order chi connectivity index (χ1) is 16.6. The van der Waals surface area contributed by atoms with E-state index in [0.717, 1.165) is 28.8 Å². The van der Waals surface area contributed by atoms with Crippen molar-refractivity contribution < 1.29 is 9.32 Å². The molecular weight excluding hydrogens is 468 g/mol. The first kappa shape index (κ1) is 22.8. The Balaban J connectivity index is 1.13. The number of imidazole rings is 1. The van der Waals surface area contributed by atoms with Crippen molar-refractivity contribution in [3.05, 3.63) is 65.1 Å². The average molecular weight is 495 g/mol. The monoisotopic (exact) mass is 494 g/mol. The second-order valence-electron chi connectivity index (χ2n) is 8.30. The lowest BCUT2D eigenvalue weighted by molar-refractivity contribution is -0.130. The van der Waals surface area contributed by atoms with Crippen LogP contribution < -0.4 is 0 Å². The Morgan fingerprint density at radius 3 is 2.82 bits per heavy atom. The van der Waals surface area contributed by atoms with Crippen LogP contribution in [-0.2, 0) is 11.3 Å². The van der Waals surface area contributed by atoms with Gasteiger partial charge in [0.15, 0.2) is 5.16 Å². The van der Waals surface area contributed by atoms with E-state index in [-0.39, 0.29) is 5.91 Å². The van der Waals surface area contributed by atoms with Crippen molar-refractivity contribution in [3.63, 3.8) is 0 Å². The molecule has 0 aliphatic carbocycles. The van der Waals surface area contributed by atoms with Gasteiger partial charge in [0.2, 0.25) is 17.6 Å². The molecule has 1 aliphatic heterocycles. The molecule has 0 radical (unpaired) electrons. The van der Waals surface area contributed by atoms with Gasteiger partial charge in [0.1, 0.15) is 0 Å². The van der Waals surface area contributed by atoms with Crippen LogP contribution in [0.2, 0.25) is 0 Å². The first-order valence-electron chi connectivity index (χ1n) is 11.2. The van der Waals surface area contributed by atoms with Gasteiger partial charge in [-0.05, 0) is 42.5 Å². The predicted molar refractivity (Wildman–Crippen MR) is 133 cm³/mol. The fourth-order valence-electron chi connectivity index (χ4n) is 3.95. The molecule has 1 aliphatic rings. The molecule has 1 amide bonds. The van der Waals surface area contributed by atoms with E-state index in [1.165, 1.54) is 22.9 Å². The lowest BCUT2D eigenvalue weighted by Gasteiger charge is -2.33. The van der Waals surface area contributed by atoms with Gasteiger partial charge in [-0.2, -0.15) is 4.98 Å². The van der Waals surface area contributed by atoms with Crippen LogP contribution in [0.3, 0.4) is 0 Å². The van der Waals surface area contributed by atoms with E-state index in [2.05, 4.69) is 56.6 Å². The molecule has 0 N–H and O–H groups in total. The minimum absolute atomic E-state index is 0.137. The molecule has 0 unspecified atom stereocenters. The van der Waals surface area contributed by atoms with Crippen LogP contribution in [0.25, 0.3) is 16.4 Å². The molecule has 1 aromatic carbocycles. The Morgan fingerprint density at radius 1 is 1.18 bits per heavy atom. The van der Waals surface area contributed by atoms with Crippen molar-refractivity contribution in [2.24, 2.45) is 0 Å². The number of piperazine rings is 1. The van der Waals surface area contributed by atoms with E-state index in [9.17, 15) is 4.79 Å². The summed E-state index contributed by atoms with van der Waals surface area (Å²) in [5, 5.41) is 6.91. The first-order valence-corrected chi connectivity index (χ1v) is 13.0. The lowest BCUT2D eigenvalue weighted by Crippen LogP contribution is -2.48. The van der Waals surface area contributed by atoms with Crippen LogP contribution in [0.5, 0.6) is 0 Å². The maximum absolute atomic E-state index is 12.9. The largest absolute Gasteiger partial charge is 0.339 e. The van der Waals surface area contributed by atoms with E-state index in [1.807, 2.05) is 28.6 Å². The summed E-state index contributed by atoms with van der Waals surface area (Å²) >= 11 is 3.08. The van der Waals surface area contributed by atoms with Crippen molar-refractivity contribution in [2.75, 3.05) is 31.9 Å². The Labute approximate surface area is 206 Å². The quantitative estimate of drug-likeness (QED) is 0.359. The highest BCUT2D eigenvalue weighted by molar-refractivity contribution is 7.99. The van der Waals surface area contributed by atoms with Gasteiger partial charge in [0.05, 0.1) is 22.9 Å². The van der Waals surface area contributed by atoms with Gasteiger partial charge in [0, 0.05) is 38.6 Å². The number of nitrogens with zero attached hydrogens (tertiary/aromatic N) is 6. The number of aromatic nitrogens is 4. The highest BCUT2D eigenvalue weighted by atomic mass is 32.2. The molecule has 34 heavy (non-hydrogen) atoms. The third-order valence-corrected chi connectivity index (χ3v) is 7.67. The summed E-state index contributed by atoms with van der Waals surface area (Å²) in [4.78, 5) is 27.0. The summed E-state index contributed by atoms with van der Waals surface area (Å²) in [6, 6.07) is 10.3. The van der Waals surface area contributed by atoms with Gasteiger partial charge in [-0.1, -0.05) is 35.1 Å². The summed E-state index contributed by atoms with van der Waals surface area (Å²) in [7, 11) is 0. The van der Waals surface area contributed by atoms with Crippen LogP contribution >= 0.6 is 23.1 Å². The van der Waals surface area contributed by atoms with E-state index in [0.29, 0.717) is 37.1 Å². The van der Waals surface area contributed by atoms with E-state index < -0.39 is 0 Å². The predicted octanol–water partition coefficient (Wildman–Crippen LogP) is 4.04. The Bertz CT molecular complexity index is 1260. The molecule has 3 aromatic heterocycles. The SMILES string of the molecule is Cc1ccc(C)c(-n2ccnc2SCC(=O)N2CCN(Cc3nc(-c4cccs4)no3)CC2)c1. The fourth-order valence-corrected chi connectivity index (χ4v) is 5.47. The summed E-state index contributed by atoms with van der Waals surface area (Å²) in [6.07, 6.45) is 3.74. The van der Waals surface area contributed by atoms with Gasteiger partial charge in [-0.15, -0.1) is 11.3 Å². The zero-order valence-electron chi connectivity index (χ0n) is 19.2. The molecule has 0 bridgehead atoms. The maximum atomic E-state index is 12.9. The van der Waals surface area contributed by atoms with Crippen molar-refractivity contribution in [1.82, 2.24) is 29.5 Å². The minimum Gasteiger partial charge on any atom is -0.339 e. The van der Waals surface area contributed by atoms with Crippen molar-refractivity contribution in [1.29, 1.82) is 0 Å². The number of thiophene rings is 1. The molecule has 1 fully saturated rings. The highest BCUT2D eigenvalue weighted by Gasteiger charge is 2.23. The zero-order valence-corrected chi connectivity index (χ0v) is 20.8. The third-order valence-electron chi connectivity index (χ3n) is 5.85. The number of carbonyl (C=O) groups is 1. The number of hydrogen-bond acceptors (Lipinski definition) is 8. The van der Waals surface area contributed by atoms with Gasteiger partial charge < -0.3 is 9.42 Å². The molecule has 0 spiro atoms. The summed E-state index contributed by atoms with van der Waals surface area (Å²) in [5.41, 5.74) is 3.48. The molecule has 4 aromatic rings. The number of thioether (sulfide) groups is 1. The van der Waals surface area contributed by atoms with Gasteiger partial charge in [-0.25, -0.2) is 4.98 Å². The summed E-state index contributed by atoms with van der Waals surface area (Å²) in [5.74, 6) is 1.75. The maximum Gasteiger partial charge on any atom is 0.241 e. The highest BCUT2D eigenvalue weighted by Crippen LogP contribution is 2.24. The van der Waals surface area contributed by atoms with Gasteiger partial charge in [0.25, 0.3) is 0 Å². The Morgan fingerprint density at radius 2 is 2.03 bits per heavy atom. The molecule has 5 rings (SSSR count). The number of aryl methyl sites for hydroxylation is 2. The second-order valence-corrected chi connectivity index (χ2v) is 10.2. The van der Waals surface area contributed by atoms with Crippen LogP contribution in [0, 0.1) is 13.8 Å². The van der Waals surface area contributed by atoms with Gasteiger partial charge in [-0.3, -0.25) is 14.3 Å². The number of benzene rings is 1. The Hall–Kier alpha value is -2.95. The van der Waals surface area contributed by atoms with Crippen molar-refractivity contribution in [2.45, 2.75) is 25.5 Å². The number of amides is 1. The zero-order chi connectivity index (χ0) is 23.5. The average Bonchev–Trinajstić information content (AvgIpc) is 3.61. The van der Waals surface area contributed by atoms with E-state index in [1.54, 1.807) is 17.5 Å². The topological polar surface area (TPSA) is 80.3 Å². The number of carbonyl (C=O) groups excluding carboxylic acids is 1. The third kappa shape index (κ3) is 5.08. The molecule has 1 saturated heterocycles. The molecule has 8 nitrogen and oxygen atoms in total. The van der Waals surface area contributed by atoms with Gasteiger partial charge >= 0.3 is 0 Å². The molecule has 176 valence electrons. The summed E-state index contributed by atoms with van der Waals surface area (Å²) in [6.45, 7) is 7.71. The van der Waals surface area contributed by atoms with Crippen LogP contribution in [0.4, 0.5) is 0 Å². The molecule has 0 saturated carbocycles. The molecule has 10 heteroatoms. The molecule has 0 atom stereocenters. The fraction of sp³-hybridized carbons (Fsp3) is 0.333. The van der Waals surface area contributed by atoms with E-state index >= 15 is 0 Å².